The van der Waals surface area contributed by atoms with E-state index in [1.807, 2.05) is 24.3 Å². The Kier molecular flexibility index (Phi) is 3.85. The molecule has 2 aliphatic rings. The van der Waals surface area contributed by atoms with Gasteiger partial charge in [0.1, 0.15) is 10.8 Å². The van der Waals surface area contributed by atoms with E-state index in [2.05, 4.69) is 4.99 Å². The van der Waals surface area contributed by atoms with Crippen molar-refractivity contribution >= 4 is 34.2 Å². The third kappa shape index (κ3) is 2.63. The maximum absolute atomic E-state index is 12.3. The van der Waals surface area contributed by atoms with Crippen molar-refractivity contribution in [1.82, 2.24) is 0 Å². The van der Waals surface area contributed by atoms with E-state index in [4.69, 9.17) is 11.6 Å². The Hall–Kier alpha value is -1.26. The van der Waals surface area contributed by atoms with Crippen molar-refractivity contribution in [2.24, 2.45) is 4.99 Å². The molecule has 1 heterocycles. The van der Waals surface area contributed by atoms with Crippen LogP contribution in [0, 0.1) is 0 Å². The van der Waals surface area contributed by atoms with Gasteiger partial charge >= 0.3 is 0 Å². The quantitative estimate of drug-likeness (QED) is 0.905. The summed E-state index contributed by atoms with van der Waals surface area (Å²) in [6, 6.07) is 7.46. The summed E-state index contributed by atoms with van der Waals surface area (Å²) in [5.74, 6) is 1.08. The average Bonchev–Trinajstić information content (AvgIpc) is 2.92. The van der Waals surface area contributed by atoms with Crippen molar-refractivity contribution in [2.45, 2.75) is 18.8 Å². The SMILES string of the molecule is O=C1CC(c2ccc(Cl)cc2)CC(O)=C1C1=NCCS1. The Morgan fingerprint density at radius 1 is 1.25 bits per heavy atom. The molecule has 0 fully saturated rings. The summed E-state index contributed by atoms with van der Waals surface area (Å²) in [5, 5.41) is 11.6. The minimum atomic E-state index is -0.0122. The highest BCUT2D eigenvalue weighted by molar-refractivity contribution is 8.14. The van der Waals surface area contributed by atoms with Gasteiger partial charge in [0.15, 0.2) is 5.78 Å². The van der Waals surface area contributed by atoms with Gasteiger partial charge < -0.3 is 5.11 Å². The van der Waals surface area contributed by atoms with Gasteiger partial charge in [-0.2, -0.15) is 0 Å². The first kappa shape index (κ1) is 13.7. The second-order valence-electron chi connectivity index (χ2n) is 4.94. The molecule has 1 unspecified atom stereocenters. The predicted molar refractivity (Wildman–Crippen MR) is 82.8 cm³/mol. The molecule has 1 N–H and O–H groups in total. The zero-order valence-electron chi connectivity index (χ0n) is 10.8. The van der Waals surface area contributed by atoms with E-state index in [1.54, 1.807) is 11.8 Å². The Morgan fingerprint density at radius 3 is 2.60 bits per heavy atom. The topological polar surface area (TPSA) is 49.7 Å². The highest BCUT2D eigenvalue weighted by atomic mass is 35.5. The lowest BCUT2D eigenvalue weighted by Crippen LogP contribution is -2.22. The van der Waals surface area contributed by atoms with Gasteiger partial charge in [-0.25, -0.2) is 0 Å². The van der Waals surface area contributed by atoms with E-state index in [0.717, 1.165) is 17.9 Å². The molecule has 3 nitrogen and oxygen atoms in total. The second-order valence-corrected chi connectivity index (χ2v) is 6.46. The maximum atomic E-state index is 12.3. The number of aliphatic imine (C=N–C) groups is 1. The molecule has 0 saturated carbocycles. The number of rotatable bonds is 2. The van der Waals surface area contributed by atoms with Crippen LogP contribution in [0.2, 0.25) is 5.02 Å². The Morgan fingerprint density at radius 2 is 2.00 bits per heavy atom. The van der Waals surface area contributed by atoms with Crippen molar-refractivity contribution < 1.29 is 9.90 Å². The van der Waals surface area contributed by atoms with Gasteiger partial charge in [-0.15, -0.1) is 11.8 Å². The number of hydrogen-bond donors (Lipinski definition) is 1. The van der Waals surface area contributed by atoms with Gasteiger partial charge in [0.25, 0.3) is 0 Å². The highest BCUT2D eigenvalue weighted by Gasteiger charge is 2.32. The summed E-state index contributed by atoms with van der Waals surface area (Å²) in [5.41, 5.74) is 1.48. The Bertz CT molecular complexity index is 607. The number of halogens is 1. The number of benzene rings is 1. The largest absolute Gasteiger partial charge is 0.511 e. The monoisotopic (exact) mass is 307 g/mol. The number of aliphatic hydroxyl groups excluding tert-OH is 1. The molecule has 0 spiro atoms. The van der Waals surface area contributed by atoms with Gasteiger partial charge in [-0.05, 0) is 23.6 Å². The molecule has 104 valence electrons. The molecule has 3 rings (SSSR count). The molecule has 0 aromatic heterocycles. The van der Waals surface area contributed by atoms with Gasteiger partial charge in [0.05, 0.1) is 5.57 Å². The molecular formula is C15H14ClNO2S. The van der Waals surface area contributed by atoms with Crippen LogP contribution in [0.15, 0.2) is 40.6 Å². The van der Waals surface area contributed by atoms with Crippen LogP contribution in [0.4, 0.5) is 0 Å². The second kappa shape index (κ2) is 5.62. The first-order chi connectivity index (χ1) is 9.65. The van der Waals surface area contributed by atoms with Crippen LogP contribution >= 0.6 is 23.4 Å². The molecule has 20 heavy (non-hydrogen) atoms. The fraction of sp³-hybridized carbons (Fsp3) is 0.333. The van der Waals surface area contributed by atoms with Crippen molar-refractivity contribution in [3.63, 3.8) is 0 Å². The number of nitrogens with zero attached hydrogens (tertiary/aromatic N) is 1. The number of Topliss-reactive ketones (excluding diaryl/α,β-unsaturated/α-hetero) is 1. The summed E-state index contributed by atoms with van der Waals surface area (Å²) in [6.07, 6.45) is 0.906. The lowest BCUT2D eigenvalue weighted by Gasteiger charge is -2.23. The van der Waals surface area contributed by atoms with Crippen molar-refractivity contribution in [3.05, 3.63) is 46.2 Å². The fourth-order valence-electron chi connectivity index (χ4n) is 2.59. The van der Waals surface area contributed by atoms with Crippen LogP contribution < -0.4 is 0 Å². The molecule has 0 saturated heterocycles. The summed E-state index contributed by atoms with van der Waals surface area (Å²) < 4.78 is 0. The third-order valence-corrected chi connectivity index (χ3v) is 4.83. The van der Waals surface area contributed by atoms with Gasteiger partial charge in [0.2, 0.25) is 0 Å². The van der Waals surface area contributed by atoms with Crippen LogP contribution in [0.3, 0.4) is 0 Å². The van der Waals surface area contributed by atoms with Crippen LogP contribution in [0.25, 0.3) is 0 Å². The van der Waals surface area contributed by atoms with E-state index < -0.39 is 0 Å². The van der Waals surface area contributed by atoms with E-state index in [0.29, 0.717) is 28.5 Å². The molecule has 1 aromatic rings. The minimum Gasteiger partial charge on any atom is -0.511 e. The molecule has 0 bridgehead atoms. The van der Waals surface area contributed by atoms with Crippen LogP contribution in [-0.4, -0.2) is 28.2 Å². The van der Waals surface area contributed by atoms with E-state index in [-0.39, 0.29) is 17.5 Å². The Labute approximate surface area is 126 Å². The predicted octanol–water partition coefficient (Wildman–Crippen LogP) is 3.74. The molecular weight excluding hydrogens is 294 g/mol. The van der Waals surface area contributed by atoms with Crippen molar-refractivity contribution in [3.8, 4) is 0 Å². The van der Waals surface area contributed by atoms with Crippen molar-refractivity contribution in [1.29, 1.82) is 0 Å². The molecule has 0 amide bonds. The molecule has 1 aromatic carbocycles. The maximum Gasteiger partial charge on any atom is 0.169 e. The smallest absolute Gasteiger partial charge is 0.169 e. The summed E-state index contributed by atoms with van der Waals surface area (Å²) in [6.45, 7) is 0.727. The van der Waals surface area contributed by atoms with E-state index in [1.165, 1.54) is 0 Å². The lowest BCUT2D eigenvalue weighted by molar-refractivity contribution is -0.116. The first-order valence-electron chi connectivity index (χ1n) is 6.53. The number of carbonyl (C=O) groups is 1. The van der Waals surface area contributed by atoms with Crippen LogP contribution in [0.5, 0.6) is 0 Å². The number of hydrogen-bond acceptors (Lipinski definition) is 4. The zero-order valence-corrected chi connectivity index (χ0v) is 12.4. The highest BCUT2D eigenvalue weighted by Crippen LogP contribution is 2.36. The number of allylic oxidation sites excluding steroid dienone is 1. The number of thioether (sulfide) groups is 1. The fourth-order valence-corrected chi connectivity index (χ4v) is 3.65. The molecule has 1 atom stereocenters. The Balaban J connectivity index is 1.87. The molecule has 1 aliphatic carbocycles. The standard InChI is InChI=1S/C15H14ClNO2S/c16-11-3-1-9(2-4-11)10-7-12(18)14(13(19)8-10)15-17-5-6-20-15/h1-4,10,18H,5-8H2. The molecule has 1 aliphatic heterocycles. The zero-order chi connectivity index (χ0) is 14.1. The number of carbonyl (C=O) groups excluding carboxylic acids is 1. The number of ketones is 1. The van der Waals surface area contributed by atoms with E-state index >= 15 is 0 Å². The van der Waals surface area contributed by atoms with Gasteiger partial charge in [0, 0.05) is 30.2 Å². The van der Waals surface area contributed by atoms with Crippen LogP contribution in [0.1, 0.15) is 24.3 Å². The molecule has 5 heteroatoms. The lowest BCUT2D eigenvalue weighted by atomic mass is 9.83. The average molecular weight is 308 g/mol. The van der Waals surface area contributed by atoms with Gasteiger partial charge in [-0.1, -0.05) is 23.7 Å². The summed E-state index contributed by atoms with van der Waals surface area (Å²) >= 11 is 7.42. The third-order valence-electron chi connectivity index (χ3n) is 3.58. The first-order valence-corrected chi connectivity index (χ1v) is 7.90. The summed E-state index contributed by atoms with van der Waals surface area (Å²) in [7, 11) is 0. The molecule has 0 radical (unpaired) electrons. The minimum absolute atomic E-state index is 0.0122. The summed E-state index contributed by atoms with van der Waals surface area (Å²) in [4.78, 5) is 16.6. The van der Waals surface area contributed by atoms with Crippen molar-refractivity contribution in [2.75, 3.05) is 12.3 Å². The number of aliphatic hydroxyl groups is 1. The van der Waals surface area contributed by atoms with Gasteiger partial charge in [-0.3, -0.25) is 9.79 Å². The normalized spacial score (nSPS) is 23.1. The van der Waals surface area contributed by atoms with Crippen LogP contribution in [-0.2, 0) is 4.79 Å². The van der Waals surface area contributed by atoms with E-state index in [9.17, 15) is 9.90 Å².